The molecular weight excluding hydrogens is 586 g/mol. The van der Waals surface area contributed by atoms with E-state index in [1.54, 1.807) is 0 Å². The van der Waals surface area contributed by atoms with Crippen LogP contribution in [0.3, 0.4) is 0 Å². The van der Waals surface area contributed by atoms with Gasteiger partial charge in [0, 0.05) is 18.2 Å². The van der Waals surface area contributed by atoms with E-state index >= 15 is 0 Å². The Balaban J connectivity index is 1.47. The van der Waals surface area contributed by atoms with Gasteiger partial charge in [0.2, 0.25) is 0 Å². The molecule has 0 bridgehead atoms. The SMILES string of the molecule is C=C(C)C(C(=O)OCc1ccc([N+](=O)[O-])cc1)N1C(=O)[C@@H](N2C(=O)c3ccccc3C2=O)[C@H]1S(=O)(=O)Nc1cc(C)on1. The third-order valence-electron chi connectivity index (χ3n) is 6.84. The van der Waals surface area contributed by atoms with E-state index in [-0.39, 0.29) is 40.6 Å². The first kappa shape index (κ1) is 29.1. The second-order valence-corrected chi connectivity index (χ2v) is 11.6. The molecule has 1 fully saturated rings. The zero-order valence-electron chi connectivity index (χ0n) is 22.6. The van der Waals surface area contributed by atoms with Crippen LogP contribution in [-0.2, 0) is 31.0 Å². The smallest absolute Gasteiger partial charge is 0.333 e. The fraction of sp³-hybridized carbons (Fsp3) is 0.222. The Morgan fingerprint density at radius 2 is 1.74 bits per heavy atom. The number of amides is 3. The number of hydrogen-bond donors (Lipinski definition) is 1. The van der Waals surface area contributed by atoms with Gasteiger partial charge < -0.3 is 14.2 Å². The Morgan fingerprint density at radius 3 is 2.26 bits per heavy atom. The number of ether oxygens (including phenoxy) is 1. The number of non-ortho nitro benzene ring substituents is 1. The lowest BCUT2D eigenvalue weighted by molar-refractivity contribution is -0.384. The molecule has 1 saturated heterocycles. The van der Waals surface area contributed by atoms with Gasteiger partial charge in [0.1, 0.15) is 12.4 Å². The number of esters is 1. The van der Waals surface area contributed by atoms with Crippen LogP contribution in [0.2, 0.25) is 0 Å². The number of β-lactam (4-membered cyclic amide) rings is 1. The third-order valence-corrected chi connectivity index (χ3v) is 8.46. The van der Waals surface area contributed by atoms with E-state index in [9.17, 15) is 37.7 Å². The van der Waals surface area contributed by atoms with Gasteiger partial charge >= 0.3 is 5.97 Å². The summed E-state index contributed by atoms with van der Waals surface area (Å²) < 4.78 is 39.9. The number of aromatic nitrogens is 1. The molecule has 0 saturated carbocycles. The Morgan fingerprint density at radius 1 is 1.14 bits per heavy atom. The summed E-state index contributed by atoms with van der Waals surface area (Å²) in [4.78, 5) is 65.0. The van der Waals surface area contributed by atoms with Crippen LogP contribution in [0.4, 0.5) is 11.5 Å². The van der Waals surface area contributed by atoms with Crippen molar-refractivity contribution in [1.82, 2.24) is 15.0 Å². The highest BCUT2D eigenvalue weighted by Gasteiger charge is 2.64. The summed E-state index contributed by atoms with van der Waals surface area (Å²) in [6, 6.07) is 8.75. The maximum absolute atomic E-state index is 13.7. The van der Waals surface area contributed by atoms with Gasteiger partial charge in [-0.1, -0.05) is 23.9 Å². The molecule has 0 aliphatic carbocycles. The van der Waals surface area contributed by atoms with E-state index in [4.69, 9.17) is 9.26 Å². The van der Waals surface area contributed by atoms with Crippen LogP contribution in [0.1, 0.15) is 39.0 Å². The number of nitro benzene ring substituents is 1. The number of sulfonamides is 1. The molecule has 1 aromatic heterocycles. The monoisotopic (exact) mass is 609 g/mol. The molecule has 5 rings (SSSR count). The number of hydrogen-bond acceptors (Lipinski definition) is 11. The average molecular weight is 610 g/mol. The number of carbonyl (C=O) groups is 4. The molecule has 3 heterocycles. The van der Waals surface area contributed by atoms with E-state index in [0.29, 0.717) is 15.4 Å². The Bertz CT molecular complexity index is 1760. The van der Waals surface area contributed by atoms with Gasteiger partial charge in [-0.3, -0.25) is 34.1 Å². The predicted octanol–water partition coefficient (Wildman–Crippen LogP) is 2.15. The summed E-state index contributed by atoms with van der Waals surface area (Å²) in [5, 5.41) is 12.6. The molecule has 0 radical (unpaired) electrons. The van der Waals surface area contributed by atoms with Crippen molar-refractivity contribution in [1.29, 1.82) is 0 Å². The largest absolute Gasteiger partial charge is 0.459 e. The Labute approximate surface area is 243 Å². The van der Waals surface area contributed by atoms with Crippen LogP contribution in [0.25, 0.3) is 0 Å². The number of imide groups is 1. The molecule has 1 N–H and O–H groups in total. The molecular formula is C27H23N5O10S. The lowest BCUT2D eigenvalue weighted by atomic mass is 9.98. The molecule has 2 aromatic carbocycles. The van der Waals surface area contributed by atoms with Gasteiger partial charge in [-0.15, -0.1) is 0 Å². The third kappa shape index (κ3) is 5.12. The molecule has 16 heteroatoms. The summed E-state index contributed by atoms with van der Waals surface area (Å²) in [5.74, 6) is -3.78. The molecule has 2 aliphatic heterocycles. The first-order valence-corrected chi connectivity index (χ1v) is 14.2. The lowest BCUT2D eigenvalue weighted by Crippen LogP contribution is -2.77. The second-order valence-electron chi connectivity index (χ2n) is 9.86. The van der Waals surface area contributed by atoms with Crippen molar-refractivity contribution < 1.29 is 41.8 Å². The molecule has 1 unspecified atom stereocenters. The second kappa shape index (κ2) is 10.8. The Hall–Kier alpha value is -5.38. The summed E-state index contributed by atoms with van der Waals surface area (Å²) in [6.45, 7) is 6.26. The van der Waals surface area contributed by atoms with Gasteiger partial charge in [-0.25, -0.2) is 13.2 Å². The van der Waals surface area contributed by atoms with E-state index in [0.717, 1.165) is 0 Å². The van der Waals surface area contributed by atoms with Crippen molar-refractivity contribution in [2.45, 2.75) is 37.9 Å². The number of rotatable bonds is 10. The van der Waals surface area contributed by atoms with Crippen LogP contribution >= 0.6 is 0 Å². The number of fused-ring (bicyclic) bond motifs is 1. The molecule has 0 spiro atoms. The standard InChI is InChI=1S/C27H23N5O10S/c1-14(2)21(27(36)41-13-16-8-10-17(11-9-16)32(37)38)31-25(35)22(26(31)43(39,40)29-20-12-15(3)42-28-20)30-23(33)18-6-4-5-7-19(18)24(30)34/h4-12,21-22,26H,1,13H2,2-3H3,(H,28,29)/t21?,22-,26-/m1/s1. The number of nitro groups is 1. The van der Waals surface area contributed by atoms with Crippen molar-refractivity contribution in [2.24, 2.45) is 0 Å². The predicted molar refractivity (Wildman–Crippen MR) is 147 cm³/mol. The van der Waals surface area contributed by atoms with Crippen LogP contribution in [0.5, 0.6) is 0 Å². The van der Waals surface area contributed by atoms with E-state index in [1.165, 1.54) is 68.4 Å². The maximum Gasteiger partial charge on any atom is 0.333 e. The molecule has 15 nitrogen and oxygen atoms in total. The minimum atomic E-state index is -4.68. The molecule has 43 heavy (non-hydrogen) atoms. The normalized spacial score (nSPS) is 18.6. The van der Waals surface area contributed by atoms with Crippen molar-refractivity contribution in [3.05, 3.63) is 99.3 Å². The van der Waals surface area contributed by atoms with E-state index in [2.05, 4.69) is 16.5 Å². The highest BCUT2D eigenvalue weighted by molar-refractivity contribution is 7.93. The summed E-state index contributed by atoms with van der Waals surface area (Å²) in [5.41, 5.74) is 0.219. The zero-order valence-corrected chi connectivity index (χ0v) is 23.4. The minimum absolute atomic E-state index is 0.00561. The van der Waals surface area contributed by atoms with Gasteiger partial charge in [0.15, 0.2) is 23.3 Å². The number of carbonyl (C=O) groups excluding carboxylic acids is 4. The first-order chi connectivity index (χ1) is 20.3. The number of likely N-dealkylation sites (tertiary alicyclic amines) is 1. The molecule has 3 aromatic rings. The summed E-state index contributed by atoms with van der Waals surface area (Å²) >= 11 is 0. The summed E-state index contributed by atoms with van der Waals surface area (Å²) in [6.07, 6.45) is 0. The first-order valence-electron chi connectivity index (χ1n) is 12.6. The molecule has 2 aliphatic rings. The number of nitrogens with one attached hydrogen (secondary N) is 1. The number of aryl methyl sites for hydroxylation is 1. The zero-order chi connectivity index (χ0) is 31.2. The highest BCUT2D eigenvalue weighted by atomic mass is 32.2. The highest BCUT2D eigenvalue weighted by Crippen LogP contribution is 2.38. The van der Waals surface area contributed by atoms with Crippen molar-refractivity contribution in [3.8, 4) is 0 Å². The fourth-order valence-electron chi connectivity index (χ4n) is 4.88. The van der Waals surface area contributed by atoms with Crippen LogP contribution in [-0.4, -0.2) is 69.4 Å². The average Bonchev–Trinajstić information content (AvgIpc) is 3.47. The van der Waals surface area contributed by atoms with Crippen molar-refractivity contribution in [3.63, 3.8) is 0 Å². The van der Waals surface area contributed by atoms with E-state index < -0.39 is 56.1 Å². The molecule has 222 valence electrons. The van der Waals surface area contributed by atoms with Crippen LogP contribution in [0, 0.1) is 17.0 Å². The van der Waals surface area contributed by atoms with Crippen LogP contribution in [0.15, 0.2) is 71.3 Å². The van der Waals surface area contributed by atoms with E-state index in [1.807, 2.05) is 0 Å². The van der Waals surface area contributed by atoms with Gasteiger partial charge in [0.05, 0.1) is 16.1 Å². The van der Waals surface area contributed by atoms with Crippen molar-refractivity contribution in [2.75, 3.05) is 4.72 Å². The quantitative estimate of drug-likeness (QED) is 0.0882. The topological polar surface area (TPSA) is 199 Å². The summed E-state index contributed by atoms with van der Waals surface area (Å²) in [7, 11) is -4.68. The van der Waals surface area contributed by atoms with Crippen LogP contribution < -0.4 is 4.72 Å². The van der Waals surface area contributed by atoms with Crippen molar-refractivity contribution >= 4 is 45.2 Å². The molecule has 3 amide bonds. The molecule has 3 atom stereocenters. The minimum Gasteiger partial charge on any atom is -0.459 e. The number of anilines is 1. The van der Waals surface area contributed by atoms with Gasteiger partial charge in [-0.05, 0) is 49.2 Å². The fourth-order valence-corrected chi connectivity index (χ4v) is 6.49. The lowest BCUT2D eigenvalue weighted by Gasteiger charge is -2.50. The van der Waals surface area contributed by atoms with Gasteiger partial charge in [-0.2, -0.15) is 0 Å². The maximum atomic E-state index is 13.7. The Kier molecular flexibility index (Phi) is 7.31. The van der Waals surface area contributed by atoms with Gasteiger partial charge in [0.25, 0.3) is 33.4 Å². The number of benzene rings is 2. The number of nitrogens with zero attached hydrogens (tertiary/aromatic N) is 4.